The van der Waals surface area contributed by atoms with Crippen molar-refractivity contribution < 1.29 is 9.84 Å². The maximum absolute atomic E-state index is 9.32. The maximum Gasteiger partial charge on any atom is 0.143 e. The number of aryl methyl sites for hydroxylation is 1. The fourth-order valence-electron chi connectivity index (χ4n) is 2.28. The lowest BCUT2D eigenvalue weighted by Gasteiger charge is -2.35. The van der Waals surface area contributed by atoms with Crippen LogP contribution in [-0.2, 0) is 13.6 Å². The summed E-state index contributed by atoms with van der Waals surface area (Å²) in [5.74, 6) is 0.802. The molecule has 100 valence electrons. The van der Waals surface area contributed by atoms with Crippen molar-refractivity contribution in [2.45, 2.75) is 12.6 Å². The van der Waals surface area contributed by atoms with E-state index in [1.165, 1.54) is 0 Å². The van der Waals surface area contributed by atoms with E-state index in [0.29, 0.717) is 13.1 Å². The number of nitrogens with zero attached hydrogens (tertiary/aromatic N) is 4. The summed E-state index contributed by atoms with van der Waals surface area (Å²) in [6, 6.07) is 7.84. The van der Waals surface area contributed by atoms with E-state index in [-0.39, 0.29) is 12.7 Å². The van der Waals surface area contributed by atoms with Crippen LogP contribution in [-0.4, -0.2) is 39.4 Å². The molecule has 1 atom stereocenters. The quantitative estimate of drug-likeness (QED) is 0.874. The predicted octanol–water partition coefficient (Wildman–Crippen LogP) is 0.575. The summed E-state index contributed by atoms with van der Waals surface area (Å²) < 4.78 is 5.72. The fraction of sp³-hybridized carbons (Fsp3) is 0.385. The van der Waals surface area contributed by atoms with E-state index in [2.05, 4.69) is 15.1 Å². The maximum atomic E-state index is 9.32. The van der Waals surface area contributed by atoms with Crippen LogP contribution in [0.3, 0.4) is 0 Å². The van der Waals surface area contributed by atoms with Crippen molar-refractivity contribution in [3.05, 3.63) is 36.2 Å². The Bertz CT molecular complexity index is 569. The van der Waals surface area contributed by atoms with E-state index in [9.17, 15) is 5.11 Å². The molecule has 1 aromatic heterocycles. The molecule has 6 nitrogen and oxygen atoms in total. The molecule has 0 radical (unpaired) electrons. The van der Waals surface area contributed by atoms with Gasteiger partial charge in [-0.3, -0.25) is 0 Å². The molecular formula is C13H16N4O2. The number of aliphatic hydroxyl groups is 1. The second-order valence-electron chi connectivity index (χ2n) is 4.60. The third-order valence-corrected chi connectivity index (χ3v) is 3.13. The van der Waals surface area contributed by atoms with Gasteiger partial charge in [0.1, 0.15) is 17.5 Å². The van der Waals surface area contributed by atoms with E-state index in [1.54, 1.807) is 18.0 Å². The van der Waals surface area contributed by atoms with Crippen molar-refractivity contribution in [2.24, 2.45) is 7.05 Å². The lowest BCUT2D eigenvalue weighted by molar-refractivity contribution is 0.112. The van der Waals surface area contributed by atoms with Crippen molar-refractivity contribution >= 4 is 5.69 Å². The minimum atomic E-state index is -0.202. The third kappa shape index (κ3) is 2.39. The minimum absolute atomic E-state index is 0.00526. The molecule has 0 bridgehead atoms. The van der Waals surface area contributed by atoms with Crippen LogP contribution in [0.15, 0.2) is 30.5 Å². The summed E-state index contributed by atoms with van der Waals surface area (Å²) in [4.78, 5) is 3.70. The molecule has 1 aromatic carbocycles. The number of aliphatic hydroxyl groups excluding tert-OH is 1. The number of ether oxygens (including phenoxy) is 1. The van der Waals surface area contributed by atoms with Crippen molar-refractivity contribution in [2.75, 3.05) is 18.1 Å². The minimum Gasteiger partial charge on any atom is -0.484 e. The Balaban J connectivity index is 1.87. The predicted molar refractivity (Wildman–Crippen MR) is 70.0 cm³/mol. The molecule has 0 amide bonds. The first-order valence-corrected chi connectivity index (χ1v) is 6.23. The van der Waals surface area contributed by atoms with Crippen LogP contribution < -0.4 is 9.64 Å². The highest BCUT2D eigenvalue weighted by Gasteiger charge is 2.25. The van der Waals surface area contributed by atoms with Gasteiger partial charge in [-0.2, -0.15) is 15.0 Å². The van der Waals surface area contributed by atoms with Crippen molar-refractivity contribution in [1.82, 2.24) is 15.0 Å². The smallest absolute Gasteiger partial charge is 0.143 e. The monoisotopic (exact) mass is 260 g/mol. The molecule has 0 fully saturated rings. The number of hydrogen-bond donors (Lipinski definition) is 1. The third-order valence-electron chi connectivity index (χ3n) is 3.13. The fourth-order valence-corrected chi connectivity index (χ4v) is 2.28. The highest BCUT2D eigenvalue weighted by atomic mass is 16.5. The first-order chi connectivity index (χ1) is 9.26. The topological polar surface area (TPSA) is 63.4 Å². The van der Waals surface area contributed by atoms with E-state index in [0.717, 1.165) is 17.1 Å². The molecule has 1 N–H and O–H groups in total. The summed E-state index contributed by atoms with van der Waals surface area (Å²) in [5.41, 5.74) is 1.92. The SMILES string of the molecule is Cn1ncc(CN2CC(CO)Oc3ccccc32)n1. The number of fused-ring (bicyclic) bond motifs is 1. The molecule has 1 aliphatic rings. The van der Waals surface area contributed by atoms with Crippen LogP contribution in [0, 0.1) is 0 Å². The van der Waals surface area contributed by atoms with Gasteiger partial charge in [0.15, 0.2) is 0 Å². The van der Waals surface area contributed by atoms with Gasteiger partial charge in [0.05, 0.1) is 31.6 Å². The zero-order valence-electron chi connectivity index (χ0n) is 10.7. The van der Waals surface area contributed by atoms with Crippen molar-refractivity contribution in [3.63, 3.8) is 0 Å². The molecule has 19 heavy (non-hydrogen) atoms. The molecule has 2 heterocycles. The summed E-state index contributed by atoms with van der Waals surface area (Å²) in [6.07, 6.45) is 1.55. The van der Waals surface area contributed by atoms with E-state index in [1.807, 2.05) is 24.3 Å². The zero-order chi connectivity index (χ0) is 13.2. The van der Waals surface area contributed by atoms with Gasteiger partial charge in [0, 0.05) is 7.05 Å². The average molecular weight is 260 g/mol. The Morgan fingerprint density at radius 1 is 1.42 bits per heavy atom. The average Bonchev–Trinajstić information content (AvgIpc) is 2.84. The number of hydrogen-bond acceptors (Lipinski definition) is 5. The number of aromatic nitrogens is 3. The van der Waals surface area contributed by atoms with Gasteiger partial charge in [-0.25, -0.2) is 0 Å². The summed E-state index contributed by atoms with van der Waals surface area (Å²) in [6.45, 7) is 1.31. The van der Waals surface area contributed by atoms with Gasteiger partial charge in [0.25, 0.3) is 0 Å². The summed E-state index contributed by atoms with van der Waals surface area (Å²) >= 11 is 0. The van der Waals surface area contributed by atoms with Crippen LogP contribution in [0.4, 0.5) is 5.69 Å². The number of anilines is 1. The van der Waals surface area contributed by atoms with Crippen LogP contribution in [0.25, 0.3) is 0 Å². The normalized spacial score (nSPS) is 18.0. The lowest BCUT2D eigenvalue weighted by atomic mass is 10.2. The molecule has 0 spiro atoms. The standard InChI is InChI=1S/C13H16N4O2/c1-16-14-6-10(15-16)7-17-8-11(9-18)19-13-5-3-2-4-12(13)17/h2-6,11,18H,7-9H2,1H3. The highest BCUT2D eigenvalue weighted by molar-refractivity contribution is 5.60. The number of rotatable bonds is 3. The molecular weight excluding hydrogens is 244 g/mol. The number of benzene rings is 1. The molecule has 3 rings (SSSR count). The molecule has 1 aliphatic heterocycles. The van der Waals surface area contributed by atoms with E-state index < -0.39 is 0 Å². The first kappa shape index (κ1) is 12.0. The first-order valence-electron chi connectivity index (χ1n) is 6.23. The largest absolute Gasteiger partial charge is 0.484 e. The number of para-hydroxylation sites is 2. The van der Waals surface area contributed by atoms with Crippen LogP contribution in [0.2, 0.25) is 0 Å². The van der Waals surface area contributed by atoms with E-state index >= 15 is 0 Å². The van der Waals surface area contributed by atoms with Gasteiger partial charge in [-0.05, 0) is 12.1 Å². The van der Waals surface area contributed by atoms with Gasteiger partial charge >= 0.3 is 0 Å². The van der Waals surface area contributed by atoms with Gasteiger partial charge in [0.2, 0.25) is 0 Å². The molecule has 1 unspecified atom stereocenters. The molecule has 0 aliphatic carbocycles. The van der Waals surface area contributed by atoms with Crippen LogP contribution in [0.1, 0.15) is 5.69 Å². The van der Waals surface area contributed by atoms with Crippen LogP contribution >= 0.6 is 0 Å². The highest BCUT2D eigenvalue weighted by Crippen LogP contribution is 2.33. The Hall–Kier alpha value is -2.08. The van der Waals surface area contributed by atoms with Gasteiger partial charge in [-0.1, -0.05) is 12.1 Å². The Labute approximate surface area is 111 Å². The summed E-state index contributed by atoms with van der Waals surface area (Å²) in [7, 11) is 1.80. The molecule has 0 saturated carbocycles. The Morgan fingerprint density at radius 3 is 3.00 bits per heavy atom. The van der Waals surface area contributed by atoms with Crippen LogP contribution in [0.5, 0.6) is 5.75 Å². The summed E-state index contributed by atoms with van der Waals surface area (Å²) in [5, 5.41) is 17.7. The lowest BCUT2D eigenvalue weighted by Crippen LogP contribution is -2.41. The second-order valence-corrected chi connectivity index (χ2v) is 4.60. The molecule has 2 aromatic rings. The van der Waals surface area contributed by atoms with Crippen molar-refractivity contribution in [3.8, 4) is 5.75 Å². The Kier molecular flexibility index (Phi) is 3.08. The van der Waals surface area contributed by atoms with Gasteiger partial charge in [-0.15, -0.1) is 0 Å². The molecule has 0 saturated heterocycles. The molecule has 6 heteroatoms. The van der Waals surface area contributed by atoms with Crippen molar-refractivity contribution in [1.29, 1.82) is 0 Å². The second kappa shape index (κ2) is 4.89. The Morgan fingerprint density at radius 2 is 2.26 bits per heavy atom. The zero-order valence-corrected chi connectivity index (χ0v) is 10.7. The van der Waals surface area contributed by atoms with E-state index in [4.69, 9.17) is 4.74 Å². The van der Waals surface area contributed by atoms with Gasteiger partial charge < -0.3 is 14.7 Å².